The fraction of sp³-hybridized carbons (Fsp3) is 0.897. The molecule has 6 aliphatic rings. The molecule has 5 aliphatic carbocycles. The van der Waals surface area contributed by atoms with Crippen molar-refractivity contribution in [1.82, 2.24) is 25.5 Å². The van der Waals surface area contributed by atoms with Gasteiger partial charge < -0.3 is 25.6 Å². The van der Waals surface area contributed by atoms with Gasteiger partial charge in [0.15, 0.2) is 0 Å². The zero-order valence-electron chi connectivity index (χ0n) is 31.6. The first-order valence-corrected chi connectivity index (χ1v) is 19.5. The number of nitrogens with two attached hydrogens (primary N) is 1. The molecule has 49 heavy (non-hydrogen) atoms. The van der Waals surface area contributed by atoms with Crippen LogP contribution in [-0.2, 0) is 14.3 Å². The lowest BCUT2D eigenvalue weighted by atomic mass is 9.34. The Labute approximate surface area is 294 Å². The normalized spacial score (nSPS) is 45.1. The first-order chi connectivity index (χ1) is 23.1. The van der Waals surface area contributed by atoms with Crippen molar-refractivity contribution in [3.8, 4) is 0 Å². The number of rotatable bonds is 8. The third-order valence-corrected chi connectivity index (χ3v) is 16.6. The highest BCUT2D eigenvalue weighted by atomic mass is 16.5. The lowest BCUT2D eigenvalue weighted by Gasteiger charge is -2.71. The molecule has 0 spiro atoms. The zero-order valence-corrected chi connectivity index (χ0v) is 31.6. The van der Waals surface area contributed by atoms with E-state index < -0.39 is 11.9 Å². The van der Waals surface area contributed by atoms with E-state index in [9.17, 15) is 9.90 Å². The van der Waals surface area contributed by atoms with E-state index in [1.54, 1.807) is 4.80 Å². The van der Waals surface area contributed by atoms with Crippen molar-refractivity contribution < 1.29 is 19.4 Å². The van der Waals surface area contributed by atoms with E-state index in [-0.39, 0.29) is 56.6 Å². The van der Waals surface area contributed by atoms with Crippen molar-refractivity contribution in [2.75, 3.05) is 32.6 Å². The van der Waals surface area contributed by atoms with Gasteiger partial charge in [-0.25, -0.2) is 0 Å². The number of allylic oxidation sites excluding steroid dienone is 1. The summed E-state index contributed by atoms with van der Waals surface area (Å²) in [5, 5.41) is 28.1. The molecule has 2 bridgehead atoms. The summed E-state index contributed by atoms with van der Waals surface area (Å²) in [7, 11) is 2.09. The summed E-state index contributed by atoms with van der Waals surface area (Å²) in [5.74, 6) is 0.496. The van der Waals surface area contributed by atoms with Gasteiger partial charge in [0.05, 0.1) is 31.8 Å². The predicted octanol–water partition coefficient (Wildman–Crippen LogP) is 6.69. The van der Waals surface area contributed by atoms with Gasteiger partial charge >= 0.3 is 5.97 Å². The average molecular weight is 681 g/mol. The van der Waals surface area contributed by atoms with Gasteiger partial charge in [-0.05, 0) is 109 Å². The summed E-state index contributed by atoms with van der Waals surface area (Å²) in [6, 6.07) is -0.137. The Morgan fingerprint density at radius 3 is 2.45 bits per heavy atom. The Kier molecular flexibility index (Phi) is 8.67. The van der Waals surface area contributed by atoms with Crippen LogP contribution in [0.5, 0.6) is 0 Å². The van der Waals surface area contributed by atoms with E-state index >= 15 is 0 Å². The number of nitrogens with one attached hydrogen (secondary N) is 1. The standard InChI is InChI=1S/C39H64N6O4/c1-24(2)25(3)35(5)18-19-36(6)26-12-13-29-34(4)20-28(45-43-33(40)42-44-45)31(49-22-38(41-8)15-10-9-11-16-38)39(29,23-48-21-34)27(26)14-17-37(36,7)30(35)32(46)47/h14,24-26,28-31,41H,9-13,15-23H2,1-8H3,(H2,40,43)(H,46,47)/t25-,26+,28-,29-,30-,31+,34-,35-,36-,37+,39+/m1/s1. The predicted molar refractivity (Wildman–Crippen MR) is 189 cm³/mol. The molecule has 0 unspecified atom stereocenters. The highest BCUT2D eigenvalue weighted by Gasteiger charge is 2.73. The van der Waals surface area contributed by atoms with E-state index in [0.717, 1.165) is 51.4 Å². The number of nitrogen functional groups attached to an aromatic ring is 1. The highest BCUT2D eigenvalue weighted by Crippen LogP contribution is 2.75. The minimum absolute atomic E-state index is 0.0603. The van der Waals surface area contributed by atoms with E-state index in [2.05, 4.69) is 82.3 Å². The van der Waals surface area contributed by atoms with E-state index in [4.69, 9.17) is 15.2 Å². The number of hydrogen-bond donors (Lipinski definition) is 3. The summed E-state index contributed by atoms with van der Waals surface area (Å²) in [5.41, 5.74) is 6.22. The van der Waals surface area contributed by atoms with Gasteiger partial charge in [0.25, 0.3) is 5.95 Å². The quantitative estimate of drug-likeness (QED) is 0.256. The van der Waals surface area contributed by atoms with Crippen molar-refractivity contribution in [3.63, 3.8) is 0 Å². The van der Waals surface area contributed by atoms with Crippen LogP contribution < -0.4 is 11.1 Å². The summed E-state index contributed by atoms with van der Waals surface area (Å²) in [6.45, 7) is 18.2. The number of carboxylic acid groups (broad SMARTS) is 1. The maximum Gasteiger partial charge on any atom is 0.307 e. The molecule has 10 nitrogen and oxygen atoms in total. The molecule has 0 radical (unpaired) electrons. The van der Waals surface area contributed by atoms with Gasteiger partial charge in [-0.3, -0.25) is 4.79 Å². The molecule has 1 aromatic rings. The van der Waals surface area contributed by atoms with Gasteiger partial charge in [-0.15, -0.1) is 5.10 Å². The van der Waals surface area contributed by atoms with Crippen molar-refractivity contribution in [1.29, 1.82) is 0 Å². The molecule has 1 saturated heterocycles. The molecule has 274 valence electrons. The van der Waals surface area contributed by atoms with Crippen molar-refractivity contribution in [2.24, 2.45) is 56.7 Å². The molecular weight excluding hydrogens is 616 g/mol. The molecule has 11 atom stereocenters. The fourth-order valence-electron chi connectivity index (χ4n) is 13.4. The highest BCUT2D eigenvalue weighted by molar-refractivity contribution is 5.73. The first-order valence-electron chi connectivity index (χ1n) is 19.5. The number of tetrazole rings is 1. The van der Waals surface area contributed by atoms with Crippen LogP contribution in [0.4, 0.5) is 5.95 Å². The molecule has 10 heteroatoms. The van der Waals surface area contributed by atoms with Crippen LogP contribution in [0.1, 0.15) is 125 Å². The Balaban J connectivity index is 1.36. The van der Waals surface area contributed by atoms with Crippen LogP contribution in [0.2, 0.25) is 0 Å². The van der Waals surface area contributed by atoms with Crippen molar-refractivity contribution >= 4 is 11.9 Å². The van der Waals surface area contributed by atoms with Crippen LogP contribution in [0.15, 0.2) is 11.6 Å². The lowest BCUT2D eigenvalue weighted by Crippen LogP contribution is -2.70. The van der Waals surface area contributed by atoms with Gasteiger partial charge in [0, 0.05) is 11.0 Å². The average Bonchev–Trinajstić information content (AvgIpc) is 3.50. The molecule has 1 aromatic heterocycles. The number of likely N-dealkylation sites (N-methyl/N-ethyl adjacent to an activating group) is 1. The minimum atomic E-state index is -0.626. The number of aromatic nitrogens is 4. The molecule has 2 heterocycles. The van der Waals surface area contributed by atoms with Gasteiger partial charge in [-0.1, -0.05) is 84.5 Å². The van der Waals surface area contributed by atoms with E-state index in [0.29, 0.717) is 37.6 Å². The minimum Gasteiger partial charge on any atom is -0.481 e. The van der Waals surface area contributed by atoms with Gasteiger partial charge in [-0.2, -0.15) is 4.80 Å². The molecule has 4 N–H and O–H groups in total. The molecule has 7 rings (SSSR count). The third-order valence-electron chi connectivity index (χ3n) is 16.6. The van der Waals surface area contributed by atoms with Gasteiger partial charge in [0.2, 0.25) is 0 Å². The Morgan fingerprint density at radius 2 is 1.82 bits per heavy atom. The van der Waals surface area contributed by atoms with Crippen LogP contribution in [0, 0.1) is 56.7 Å². The van der Waals surface area contributed by atoms with Crippen molar-refractivity contribution in [3.05, 3.63) is 11.6 Å². The third kappa shape index (κ3) is 4.95. The second-order valence-corrected chi connectivity index (χ2v) is 18.9. The largest absolute Gasteiger partial charge is 0.481 e. The monoisotopic (exact) mass is 680 g/mol. The number of carboxylic acids is 1. The number of aliphatic carboxylic acids is 1. The Bertz CT molecular complexity index is 1460. The maximum atomic E-state index is 13.5. The van der Waals surface area contributed by atoms with E-state index in [1.807, 2.05) is 0 Å². The SMILES string of the molecule is CNC1(CO[C@H]2[C@H](n3nnc(N)n3)C[C@]3(C)COC[C@@]24C2=CC[C@@]5(C)[C@H](C(=O)O)[C@@](C)([C@H](C)C(C)C)CC[C@]5(C)[C@H]2CC[C@H]34)CCCCC1. The van der Waals surface area contributed by atoms with Crippen LogP contribution >= 0.6 is 0 Å². The fourth-order valence-corrected chi connectivity index (χ4v) is 13.4. The molecule has 1 aliphatic heterocycles. The lowest BCUT2D eigenvalue weighted by molar-refractivity contribution is -0.256. The zero-order chi connectivity index (χ0) is 35.2. The summed E-state index contributed by atoms with van der Waals surface area (Å²) >= 11 is 0. The summed E-state index contributed by atoms with van der Waals surface area (Å²) < 4.78 is 14.2. The molecule has 4 saturated carbocycles. The van der Waals surface area contributed by atoms with Crippen LogP contribution in [0.3, 0.4) is 0 Å². The molecular formula is C39H64N6O4. The topological polar surface area (TPSA) is 137 Å². The Hall–Kier alpha value is -2.04. The maximum absolute atomic E-state index is 13.5. The smallest absolute Gasteiger partial charge is 0.307 e. The van der Waals surface area contributed by atoms with Crippen LogP contribution in [0.25, 0.3) is 0 Å². The molecule has 0 aromatic carbocycles. The molecule has 5 fully saturated rings. The van der Waals surface area contributed by atoms with Gasteiger partial charge in [0.1, 0.15) is 6.04 Å². The number of nitrogens with zero attached hydrogens (tertiary/aromatic N) is 4. The molecule has 0 amide bonds. The van der Waals surface area contributed by atoms with Crippen molar-refractivity contribution in [2.45, 2.75) is 137 Å². The first kappa shape index (κ1) is 35.4. The number of anilines is 1. The second kappa shape index (κ2) is 12.0. The number of fused-ring (bicyclic) bond motifs is 3. The van der Waals surface area contributed by atoms with Crippen LogP contribution in [-0.4, -0.2) is 69.8 Å². The second-order valence-electron chi connectivity index (χ2n) is 18.9. The summed E-state index contributed by atoms with van der Waals surface area (Å²) in [6.07, 6.45) is 13.9. The number of carbonyl (C=O) groups is 1. The number of ether oxygens (including phenoxy) is 2. The Morgan fingerprint density at radius 1 is 1.08 bits per heavy atom. The number of hydrogen-bond acceptors (Lipinski definition) is 8. The van der Waals surface area contributed by atoms with E-state index in [1.165, 1.54) is 24.8 Å². The summed E-state index contributed by atoms with van der Waals surface area (Å²) in [4.78, 5) is 15.3.